The third-order valence-electron chi connectivity index (χ3n) is 3.69. The molecule has 1 atom stereocenters. The van der Waals surface area contributed by atoms with Gasteiger partial charge in [0.05, 0.1) is 11.6 Å². The number of amides is 1. The summed E-state index contributed by atoms with van der Waals surface area (Å²) >= 11 is 5.17. The zero-order valence-corrected chi connectivity index (χ0v) is 13.6. The maximum Gasteiger partial charge on any atom is 0.255 e. The lowest BCUT2D eigenvalue weighted by molar-refractivity contribution is 0.0657. The molecule has 3 heterocycles. The number of pyridine rings is 1. The summed E-state index contributed by atoms with van der Waals surface area (Å²) < 4.78 is 0.838. The van der Waals surface area contributed by atoms with Crippen molar-refractivity contribution in [3.05, 3.63) is 50.4 Å². The quantitative estimate of drug-likeness (QED) is 0.818. The van der Waals surface area contributed by atoms with Crippen LogP contribution in [0.1, 0.15) is 40.2 Å². The van der Waals surface area contributed by atoms with E-state index in [1.807, 2.05) is 11.0 Å². The van der Waals surface area contributed by atoms with Gasteiger partial charge in [-0.15, -0.1) is 11.3 Å². The molecule has 20 heavy (non-hydrogen) atoms. The lowest BCUT2D eigenvalue weighted by atomic mass is 9.97. The van der Waals surface area contributed by atoms with E-state index in [9.17, 15) is 4.79 Å². The summed E-state index contributed by atoms with van der Waals surface area (Å²) in [5.41, 5.74) is 1.97. The second-order valence-electron chi connectivity index (χ2n) is 4.86. The predicted octanol–water partition coefficient (Wildman–Crippen LogP) is 4.06. The minimum atomic E-state index is 0.0718. The SMILES string of the molecule is CC[C@@H]1c2ccsc2CCN1C(=O)c1cncc(Br)c1. The van der Waals surface area contributed by atoms with Crippen LogP contribution in [0.25, 0.3) is 0 Å². The highest BCUT2D eigenvalue weighted by Gasteiger charge is 2.30. The first-order valence-electron chi connectivity index (χ1n) is 6.68. The third-order valence-corrected chi connectivity index (χ3v) is 5.12. The molecule has 1 amide bonds. The fraction of sp³-hybridized carbons (Fsp3) is 0.333. The van der Waals surface area contributed by atoms with E-state index in [-0.39, 0.29) is 11.9 Å². The Morgan fingerprint density at radius 1 is 1.55 bits per heavy atom. The van der Waals surface area contributed by atoms with Gasteiger partial charge in [0, 0.05) is 28.3 Å². The number of hydrogen-bond acceptors (Lipinski definition) is 3. The lowest BCUT2D eigenvalue weighted by Crippen LogP contribution is -2.39. The average Bonchev–Trinajstić information content (AvgIpc) is 2.93. The van der Waals surface area contributed by atoms with Crippen LogP contribution >= 0.6 is 27.3 Å². The Labute approximate surface area is 130 Å². The van der Waals surface area contributed by atoms with Crippen molar-refractivity contribution in [1.29, 1.82) is 0 Å². The van der Waals surface area contributed by atoms with Gasteiger partial charge in [-0.3, -0.25) is 9.78 Å². The van der Waals surface area contributed by atoms with Crippen LogP contribution in [0.2, 0.25) is 0 Å². The molecule has 104 valence electrons. The molecule has 5 heteroatoms. The van der Waals surface area contributed by atoms with Gasteiger partial charge < -0.3 is 4.90 Å². The summed E-state index contributed by atoms with van der Waals surface area (Å²) in [5.74, 6) is 0.0718. The van der Waals surface area contributed by atoms with Crippen LogP contribution in [0.5, 0.6) is 0 Å². The van der Waals surface area contributed by atoms with Crippen LogP contribution in [0, 0.1) is 0 Å². The molecule has 2 aromatic heterocycles. The Balaban J connectivity index is 1.92. The maximum atomic E-state index is 12.7. The van der Waals surface area contributed by atoms with Gasteiger partial charge in [0.15, 0.2) is 0 Å². The fourth-order valence-corrected chi connectivity index (χ4v) is 4.07. The average molecular weight is 351 g/mol. The van der Waals surface area contributed by atoms with Crippen LogP contribution < -0.4 is 0 Å². The van der Waals surface area contributed by atoms with E-state index >= 15 is 0 Å². The number of carbonyl (C=O) groups is 1. The summed E-state index contributed by atoms with van der Waals surface area (Å²) in [4.78, 5) is 20.2. The highest BCUT2D eigenvalue weighted by atomic mass is 79.9. The molecule has 0 radical (unpaired) electrons. The molecule has 2 aromatic rings. The molecule has 0 bridgehead atoms. The van der Waals surface area contributed by atoms with Crippen molar-refractivity contribution < 1.29 is 4.79 Å². The van der Waals surface area contributed by atoms with Crippen molar-refractivity contribution in [3.63, 3.8) is 0 Å². The van der Waals surface area contributed by atoms with Crippen molar-refractivity contribution in [3.8, 4) is 0 Å². The molecule has 0 N–H and O–H groups in total. The number of halogens is 1. The standard InChI is InChI=1S/C15H15BrN2OS/c1-2-13-12-4-6-20-14(12)3-5-18(13)15(19)10-7-11(16)9-17-8-10/h4,6-9,13H,2-3,5H2,1H3/t13-/m1/s1. The van der Waals surface area contributed by atoms with Crippen LogP contribution in [0.4, 0.5) is 0 Å². The van der Waals surface area contributed by atoms with E-state index in [0.717, 1.165) is 23.9 Å². The van der Waals surface area contributed by atoms with Crippen LogP contribution in [0.3, 0.4) is 0 Å². The monoisotopic (exact) mass is 350 g/mol. The molecule has 3 rings (SSSR count). The smallest absolute Gasteiger partial charge is 0.255 e. The second kappa shape index (κ2) is 5.66. The molecule has 0 fully saturated rings. The molecule has 0 aliphatic carbocycles. The molecule has 1 aliphatic heterocycles. The summed E-state index contributed by atoms with van der Waals surface area (Å²) in [7, 11) is 0. The number of thiophene rings is 1. The van der Waals surface area contributed by atoms with Crippen LogP contribution in [-0.2, 0) is 6.42 Å². The molecule has 0 spiro atoms. The lowest BCUT2D eigenvalue weighted by Gasteiger charge is -2.35. The number of aromatic nitrogens is 1. The number of rotatable bonds is 2. The highest BCUT2D eigenvalue weighted by molar-refractivity contribution is 9.10. The van der Waals surface area contributed by atoms with Crippen molar-refractivity contribution >= 4 is 33.2 Å². The van der Waals surface area contributed by atoms with Gasteiger partial charge in [-0.2, -0.15) is 0 Å². The molecule has 3 nitrogen and oxygen atoms in total. The second-order valence-corrected chi connectivity index (χ2v) is 6.78. The van der Waals surface area contributed by atoms with E-state index < -0.39 is 0 Å². The third kappa shape index (κ3) is 2.40. The first-order chi connectivity index (χ1) is 9.70. The van der Waals surface area contributed by atoms with Crippen LogP contribution in [0.15, 0.2) is 34.4 Å². The van der Waals surface area contributed by atoms with E-state index in [1.54, 1.807) is 23.7 Å². The van der Waals surface area contributed by atoms with E-state index in [1.165, 1.54) is 10.4 Å². The number of fused-ring (bicyclic) bond motifs is 1. The molecule has 0 aromatic carbocycles. The normalized spacial score (nSPS) is 17.9. The Hall–Kier alpha value is -1.20. The molecule has 0 saturated carbocycles. The van der Waals surface area contributed by atoms with Gasteiger partial charge in [-0.1, -0.05) is 6.92 Å². The zero-order chi connectivity index (χ0) is 14.1. The van der Waals surface area contributed by atoms with Gasteiger partial charge in [-0.05, 0) is 51.8 Å². The molecular weight excluding hydrogens is 336 g/mol. The first kappa shape index (κ1) is 13.8. The number of nitrogens with zero attached hydrogens (tertiary/aromatic N) is 2. The van der Waals surface area contributed by atoms with Gasteiger partial charge in [0.2, 0.25) is 0 Å². The van der Waals surface area contributed by atoms with Gasteiger partial charge in [0.25, 0.3) is 5.91 Å². The fourth-order valence-electron chi connectivity index (χ4n) is 2.77. The molecular formula is C15H15BrN2OS. The van der Waals surface area contributed by atoms with E-state index in [4.69, 9.17) is 0 Å². The maximum absolute atomic E-state index is 12.7. The largest absolute Gasteiger partial charge is 0.331 e. The summed E-state index contributed by atoms with van der Waals surface area (Å²) in [6.07, 6.45) is 5.23. The first-order valence-corrected chi connectivity index (χ1v) is 8.35. The number of carbonyl (C=O) groups excluding carboxylic acids is 1. The summed E-state index contributed by atoms with van der Waals surface area (Å²) in [5, 5.41) is 2.13. The van der Waals surface area contributed by atoms with Crippen molar-refractivity contribution in [2.75, 3.05) is 6.54 Å². The zero-order valence-electron chi connectivity index (χ0n) is 11.2. The molecule has 0 saturated heterocycles. The Kier molecular flexibility index (Phi) is 3.89. The van der Waals surface area contributed by atoms with Crippen molar-refractivity contribution in [1.82, 2.24) is 9.88 Å². The van der Waals surface area contributed by atoms with E-state index in [0.29, 0.717) is 5.56 Å². The topological polar surface area (TPSA) is 33.2 Å². The van der Waals surface area contributed by atoms with Gasteiger partial charge in [0.1, 0.15) is 0 Å². The van der Waals surface area contributed by atoms with Gasteiger partial charge >= 0.3 is 0 Å². The highest BCUT2D eigenvalue weighted by Crippen LogP contribution is 2.36. The summed E-state index contributed by atoms with van der Waals surface area (Å²) in [6, 6.07) is 4.19. The Bertz CT molecular complexity index is 640. The number of hydrogen-bond donors (Lipinski definition) is 0. The molecule has 1 aliphatic rings. The Morgan fingerprint density at radius 2 is 2.40 bits per heavy atom. The minimum Gasteiger partial charge on any atom is -0.331 e. The Morgan fingerprint density at radius 3 is 3.15 bits per heavy atom. The predicted molar refractivity (Wildman–Crippen MR) is 84.0 cm³/mol. The summed E-state index contributed by atoms with van der Waals surface area (Å²) in [6.45, 7) is 2.92. The van der Waals surface area contributed by atoms with Gasteiger partial charge in [-0.25, -0.2) is 0 Å². The van der Waals surface area contributed by atoms with Crippen molar-refractivity contribution in [2.24, 2.45) is 0 Å². The molecule has 0 unspecified atom stereocenters. The van der Waals surface area contributed by atoms with Crippen LogP contribution in [-0.4, -0.2) is 22.3 Å². The van der Waals surface area contributed by atoms with E-state index in [2.05, 4.69) is 39.3 Å². The minimum absolute atomic E-state index is 0.0718. The van der Waals surface area contributed by atoms with Crippen molar-refractivity contribution in [2.45, 2.75) is 25.8 Å².